The molecule has 30 heavy (non-hydrogen) atoms. The van der Waals surface area contributed by atoms with Crippen molar-refractivity contribution in [1.82, 2.24) is 4.90 Å². The van der Waals surface area contributed by atoms with Crippen molar-refractivity contribution in [2.24, 2.45) is 0 Å². The standard InChI is InChI=1S/C23H27NO6/c1-5-24(11-18-6-7-19-20(10-18)30-14-29-19)21(25)12-27-22(26)13-28-23-16(3)8-15(2)9-17(23)4/h6-10H,5,11-14H2,1-4H3. The van der Waals surface area contributed by atoms with Gasteiger partial charge in [-0.15, -0.1) is 0 Å². The summed E-state index contributed by atoms with van der Waals surface area (Å²) in [5, 5.41) is 0. The van der Waals surface area contributed by atoms with E-state index in [0.29, 0.717) is 30.3 Å². The summed E-state index contributed by atoms with van der Waals surface area (Å²) in [6.07, 6.45) is 0. The highest BCUT2D eigenvalue weighted by Crippen LogP contribution is 2.32. The van der Waals surface area contributed by atoms with Gasteiger partial charge in [-0.3, -0.25) is 4.79 Å². The van der Waals surface area contributed by atoms with E-state index >= 15 is 0 Å². The van der Waals surface area contributed by atoms with Crippen LogP contribution in [-0.2, 0) is 20.9 Å². The lowest BCUT2D eigenvalue weighted by Crippen LogP contribution is -2.34. The van der Waals surface area contributed by atoms with Gasteiger partial charge in [-0.2, -0.15) is 0 Å². The molecule has 0 atom stereocenters. The van der Waals surface area contributed by atoms with Crippen molar-refractivity contribution >= 4 is 11.9 Å². The van der Waals surface area contributed by atoms with E-state index in [2.05, 4.69) is 0 Å². The lowest BCUT2D eigenvalue weighted by atomic mass is 10.1. The van der Waals surface area contributed by atoms with Crippen LogP contribution in [0.5, 0.6) is 17.2 Å². The first-order valence-electron chi connectivity index (χ1n) is 9.90. The maximum absolute atomic E-state index is 12.5. The van der Waals surface area contributed by atoms with E-state index < -0.39 is 5.97 Å². The summed E-state index contributed by atoms with van der Waals surface area (Å²) < 4.78 is 21.4. The van der Waals surface area contributed by atoms with Crippen molar-refractivity contribution in [1.29, 1.82) is 0 Å². The van der Waals surface area contributed by atoms with Crippen LogP contribution in [0.4, 0.5) is 0 Å². The molecule has 3 rings (SSSR count). The van der Waals surface area contributed by atoms with Crippen LogP contribution in [0.15, 0.2) is 30.3 Å². The SMILES string of the molecule is CCN(Cc1ccc2c(c1)OCO2)C(=O)COC(=O)COc1c(C)cc(C)cc1C. The van der Waals surface area contributed by atoms with Gasteiger partial charge in [-0.25, -0.2) is 4.79 Å². The van der Waals surface area contributed by atoms with Crippen LogP contribution >= 0.6 is 0 Å². The summed E-state index contributed by atoms with van der Waals surface area (Å²) in [7, 11) is 0. The number of likely N-dealkylation sites (N-methyl/N-ethyl adjacent to an activating group) is 1. The monoisotopic (exact) mass is 413 g/mol. The zero-order valence-corrected chi connectivity index (χ0v) is 17.8. The Morgan fingerprint density at radius 3 is 2.40 bits per heavy atom. The third-order valence-electron chi connectivity index (χ3n) is 4.84. The normalized spacial score (nSPS) is 11.9. The lowest BCUT2D eigenvalue weighted by molar-refractivity contribution is -0.153. The average molecular weight is 413 g/mol. The van der Waals surface area contributed by atoms with Gasteiger partial charge < -0.3 is 23.8 Å². The molecule has 0 aliphatic carbocycles. The van der Waals surface area contributed by atoms with Crippen molar-refractivity contribution < 1.29 is 28.5 Å². The summed E-state index contributed by atoms with van der Waals surface area (Å²) in [4.78, 5) is 26.2. The number of ether oxygens (including phenoxy) is 4. The number of fused-ring (bicyclic) bond motifs is 1. The zero-order valence-electron chi connectivity index (χ0n) is 17.8. The Labute approximate surface area is 176 Å². The van der Waals surface area contributed by atoms with E-state index in [4.69, 9.17) is 18.9 Å². The molecule has 0 N–H and O–H groups in total. The van der Waals surface area contributed by atoms with Crippen LogP contribution in [0.25, 0.3) is 0 Å². The van der Waals surface area contributed by atoms with E-state index in [9.17, 15) is 9.59 Å². The highest BCUT2D eigenvalue weighted by atomic mass is 16.7. The smallest absolute Gasteiger partial charge is 0.344 e. The Bertz CT molecular complexity index is 916. The Kier molecular flexibility index (Phi) is 6.82. The van der Waals surface area contributed by atoms with Gasteiger partial charge in [-0.1, -0.05) is 23.8 Å². The van der Waals surface area contributed by atoms with Gasteiger partial charge in [0, 0.05) is 13.1 Å². The summed E-state index contributed by atoms with van der Waals surface area (Å²) in [6.45, 7) is 8.25. The van der Waals surface area contributed by atoms with Gasteiger partial charge in [0.05, 0.1) is 0 Å². The third kappa shape index (κ3) is 5.23. The molecule has 1 aliphatic heterocycles. The van der Waals surface area contributed by atoms with Gasteiger partial charge in [0.1, 0.15) is 5.75 Å². The molecule has 1 aliphatic rings. The lowest BCUT2D eigenvalue weighted by Gasteiger charge is -2.21. The van der Waals surface area contributed by atoms with E-state index in [-0.39, 0.29) is 25.9 Å². The van der Waals surface area contributed by atoms with Gasteiger partial charge in [0.15, 0.2) is 24.7 Å². The quantitative estimate of drug-likeness (QED) is 0.618. The number of aryl methyl sites for hydroxylation is 3. The average Bonchev–Trinajstić information content (AvgIpc) is 3.17. The first-order chi connectivity index (χ1) is 14.4. The van der Waals surface area contributed by atoms with E-state index in [1.54, 1.807) is 4.90 Å². The molecule has 0 saturated heterocycles. The molecule has 7 heteroatoms. The molecule has 0 unspecified atom stereocenters. The molecule has 7 nitrogen and oxygen atoms in total. The molecule has 1 heterocycles. The van der Waals surface area contributed by atoms with E-state index in [1.807, 2.05) is 58.0 Å². The van der Waals surface area contributed by atoms with Crippen LogP contribution < -0.4 is 14.2 Å². The molecule has 0 bridgehead atoms. The summed E-state index contributed by atoms with van der Waals surface area (Å²) in [5.41, 5.74) is 3.96. The van der Waals surface area contributed by atoms with Crippen LogP contribution in [0, 0.1) is 20.8 Å². The Hall–Kier alpha value is -3.22. The molecule has 0 fully saturated rings. The highest BCUT2D eigenvalue weighted by Gasteiger charge is 2.18. The Balaban J connectivity index is 1.49. The first kappa shape index (κ1) is 21.5. The number of hydrogen-bond donors (Lipinski definition) is 0. The number of esters is 1. The van der Waals surface area contributed by atoms with E-state index in [0.717, 1.165) is 22.3 Å². The van der Waals surface area contributed by atoms with Crippen LogP contribution in [0.2, 0.25) is 0 Å². The summed E-state index contributed by atoms with van der Waals surface area (Å²) >= 11 is 0. The first-order valence-corrected chi connectivity index (χ1v) is 9.90. The second-order valence-electron chi connectivity index (χ2n) is 7.27. The second-order valence-corrected chi connectivity index (χ2v) is 7.27. The number of amides is 1. The molecule has 2 aromatic carbocycles. The molecule has 160 valence electrons. The fraction of sp³-hybridized carbons (Fsp3) is 0.391. The van der Waals surface area contributed by atoms with E-state index in [1.165, 1.54) is 0 Å². The maximum atomic E-state index is 12.5. The molecular formula is C23H27NO6. The molecule has 0 saturated carbocycles. The fourth-order valence-corrected chi connectivity index (χ4v) is 3.44. The molecule has 2 aromatic rings. The topological polar surface area (TPSA) is 74.3 Å². The van der Waals surface area contributed by atoms with Gasteiger partial charge >= 0.3 is 5.97 Å². The van der Waals surface area contributed by atoms with Crippen molar-refractivity contribution in [2.45, 2.75) is 34.2 Å². The number of benzene rings is 2. The molecule has 0 spiro atoms. The number of rotatable bonds is 8. The summed E-state index contributed by atoms with van der Waals surface area (Å²) in [6, 6.07) is 9.54. The van der Waals surface area contributed by atoms with Crippen molar-refractivity contribution in [3.63, 3.8) is 0 Å². The number of carbonyl (C=O) groups is 2. The molecule has 1 amide bonds. The van der Waals surface area contributed by atoms with Crippen molar-refractivity contribution in [3.05, 3.63) is 52.6 Å². The van der Waals surface area contributed by atoms with Crippen molar-refractivity contribution in [2.75, 3.05) is 26.6 Å². The maximum Gasteiger partial charge on any atom is 0.344 e. The Morgan fingerprint density at radius 1 is 1.00 bits per heavy atom. The van der Waals surface area contributed by atoms with Gasteiger partial charge in [0.25, 0.3) is 5.91 Å². The number of carbonyl (C=O) groups excluding carboxylic acids is 2. The van der Waals surface area contributed by atoms with Crippen LogP contribution in [0.1, 0.15) is 29.2 Å². The van der Waals surface area contributed by atoms with Gasteiger partial charge in [-0.05, 0) is 56.5 Å². The largest absolute Gasteiger partial charge is 0.481 e. The predicted octanol–water partition coefficient (Wildman–Crippen LogP) is 3.31. The zero-order chi connectivity index (χ0) is 21.7. The second kappa shape index (κ2) is 9.52. The van der Waals surface area contributed by atoms with Gasteiger partial charge in [0.2, 0.25) is 6.79 Å². The number of hydrogen-bond acceptors (Lipinski definition) is 6. The Morgan fingerprint density at radius 2 is 1.70 bits per heavy atom. The molecule has 0 aromatic heterocycles. The number of nitrogens with zero attached hydrogens (tertiary/aromatic N) is 1. The fourth-order valence-electron chi connectivity index (χ4n) is 3.44. The van der Waals surface area contributed by atoms with Crippen LogP contribution in [0.3, 0.4) is 0 Å². The van der Waals surface area contributed by atoms with Crippen LogP contribution in [-0.4, -0.2) is 43.3 Å². The molecular weight excluding hydrogens is 386 g/mol. The summed E-state index contributed by atoms with van der Waals surface area (Å²) in [5.74, 6) is 1.18. The minimum absolute atomic E-state index is 0.203. The highest BCUT2D eigenvalue weighted by molar-refractivity contribution is 5.81. The molecule has 0 radical (unpaired) electrons. The third-order valence-corrected chi connectivity index (χ3v) is 4.84. The minimum atomic E-state index is -0.582. The predicted molar refractivity (Wildman–Crippen MR) is 111 cm³/mol. The van der Waals surface area contributed by atoms with Crippen molar-refractivity contribution in [3.8, 4) is 17.2 Å². The minimum Gasteiger partial charge on any atom is -0.481 e.